The summed E-state index contributed by atoms with van der Waals surface area (Å²) in [7, 11) is 0. The molecule has 0 radical (unpaired) electrons. The van der Waals surface area contributed by atoms with Gasteiger partial charge < -0.3 is 10.2 Å². The number of alkyl halides is 1. The van der Waals surface area contributed by atoms with E-state index in [0.29, 0.717) is 18.9 Å². The topological polar surface area (TPSA) is 86.8 Å². The molecule has 7 nitrogen and oxygen atoms in total. The number of halogens is 1. The number of nitrogens with zero attached hydrogens (tertiary/aromatic N) is 5. The summed E-state index contributed by atoms with van der Waals surface area (Å²) in [5.74, 6) is 0.200. The third-order valence-corrected chi connectivity index (χ3v) is 5.61. The van der Waals surface area contributed by atoms with Crippen molar-refractivity contribution in [1.29, 1.82) is 5.26 Å². The van der Waals surface area contributed by atoms with E-state index in [-0.39, 0.29) is 24.4 Å². The maximum Gasteiger partial charge on any atom is 0.237 e. The fourth-order valence-electron chi connectivity index (χ4n) is 3.25. The lowest BCUT2D eigenvalue weighted by atomic mass is 9.74. The third kappa shape index (κ3) is 7.55. The second-order valence-electron chi connectivity index (χ2n) is 7.77. The Bertz CT molecular complexity index is 598. The Morgan fingerprint density at radius 3 is 2.57 bits per heavy atom. The van der Waals surface area contributed by atoms with Crippen molar-refractivity contribution in [1.82, 2.24) is 25.2 Å². The average molecular weight is 395 g/mol. The van der Waals surface area contributed by atoms with Gasteiger partial charge in [0.15, 0.2) is 0 Å². The second kappa shape index (κ2) is 12.4. The molecular formula is C20H35FN6O. The van der Waals surface area contributed by atoms with Gasteiger partial charge in [0.1, 0.15) is 12.7 Å². The highest BCUT2D eigenvalue weighted by atomic mass is 19.1. The van der Waals surface area contributed by atoms with E-state index >= 15 is 0 Å². The largest absolute Gasteiger partial charge is 0.323 e. The van der Waals surface area contributed by atoms with E-state index in [1.54, 1.807) is 17.2 Å². The summed E-state index contributed by atoms with van der Waals surface area (Å²) in [5.41, 5.74) is 0.169. The highest BCUT2D eigenvalue weighted by molar-refractivity contribution is 5.79. The Kier molecular flexibility index (Phi) is 10.7. The summed E-state index contributed by atoms with van der Waals surface area (Å²) in [5, 5.41) is 20.7. The molecule has 0 saturated carbocycles. The Balaban J connectivity index is 2.47. The number of hydrogen-bond donors (Lipinski definition) is 1. The van der Waals surface area contributed by atoms with Crippen LogP contribution in [0.25, 0.3) is 0 Å². The Labute approximate surface area is 168 Å². The maximum atomic E-state index is 12.7. The lowest BCUT2D eigenvalue weighted by Gasteiger charge is -2.33. The first kappa shape index (κ1) is 24.0. The van der Waals surface area contributed by atoms with Crippen LogP contribution in [-0.2, 0) is 11.3 Å². The van der Waals surface area contributed by atoms with Crippen LogP contribution in [0.1, 0.15) is 53.4 Å². The highest BCUT2D eigenvalue weighted by Gasteiger charge is 2.28. The average Bonchev–Trinajstić information content (AvgIpc) is 3.20. The summed E-state index contributed by atoms with van der Waals surface area (Å²) < 4.78 is 12.7. The summed E-state index contributed by atoms with van der Waals surface area (Å²) >= 11 is 0. The van der Waals surface area contributed by atoms with Gasteiger partial charge >= 0.3 is 0 Å². The van der Waals surface area contributed by atoms with Gasteiger partial charge in [0.05, 0.1) is 38.1 Å². The molecule has 1 rings (SSSR count). The van der Waals surface area contributed by atoms with Gasteiger partial charge in [0.25, 0.3) is 0 Å². The predicted molar refractivity (Wildman–Crippen MR) is 107 cm³/mol. The first-order chi connectivity index (χ1) is 13.4. The molecule has 28 heavy (non-hydrogen) atoms. The quantitative estimate of drug-likeness (QED) is 0.490. The van der Waals surface area contributed by atoms with Gasteiger partial charge in [0, 0.05) is 0 Å². The van der Waals surface area contributed by atoms with Crippen molar-refractivity contribution >= 4 is 5.91 Å². The van der Waals surface area contributed by atoms with Crippen LogP contribution in [0.5, 0.6) is 0 Å². The molecule has 0 spiro atoms. The molecule has 158 valence electrons. The van der Waals surface area contributed by atoms with Crippen LogP contribution < -0.4 is 5.32 Å². The number of rotatable bonds is 14. The summed E-state index contributed by atoms with van der Waals surface area (Å²) in [6.45, 7) is 9.47. The standard InChI is InChI=1S/C20H35FN6O/c1-5-18(14-22)26(13-9-21)19(28)15-23-10-7-8-17(20(3,4)6-2)16-27-24-11-12-25-27/h11-12,17-18,23H,5-10,13,15-16H2,1-4H3. The molecule has 0 aliphatic heterocycles. The molecule has 1 heterocycles. The zero-order valence-electron chi connectivity index (χ0n) is 17.7. The first-order valence-corrected chi connectivity index (χ1v) is 10.2. The molecule has 2 atom stereocenters. The molecule has 1 aromatic heterocycles. The van der Waals surface area contributed by atoms with Crippen molar-refractivity contribution < 1.29 is 9.18 Å². The summed E-state index contributed by atoms with van der Waals surface area (Å²) in [6.07, 6.45) is 6.86. The van der Waals surface area contributed by atoms with Crippen LogP contribution in [0.2, 0.25) is 0 Å². The minimum Gasteiger partial charge on any atom is -0.323 e. The lowest BCUT2D eigenvalue weighted by molar-refractivity contribution is -0.131. The number of carbonyl (C=O) groups excluding carboxylic acids is 1. The molecule has 8 heteroatoms. The Morgan fingerprint density at radius 1 is 1.36 bits per heavy atom. The highest BCUT2D eigenvalue weighted by Crippen LogP contribution is 2.34. The van der Waals surface area contributed by atoms with Gasteiger partial charge in [-0.15, -0.1) is 0 Å². The van der Waals surface area contributed by atoms with Gasteiger partial charge in [-0.2, -0.15) is 20.3 Å². The summed E-state index contributed by atoms with van der Waals surface area (Å²) in [6, 6.07) is 1.51. The van der Waals surface area contributed by atoms with E-state index in [4.69, 9.17) is 5.26 Å². The number of nitriles is 1. The van der Waals surface area contributed by atoms with E-state index in [9.17, 15) is 9.18 Å². The monoisotopic (exact) mass is 394 g/mol. The molecule has 0 aliphatic rings. The van der Waals surface area contributed by atoms with Crippen molar-refractivity contribution in [3.05, 3.63) is 12.4 Å². The number of aromatic nitrogens is 3. The Hall–Kier alpha value is -2.01. The fourth-order valence-corrected chi connectivity index (χ4v) is 3.25. The molecule has 1 aromatic rings. The van der Waals surface area contributed by atoms with E-state index < -0.39 is 12.7 Å². The third-order valence-electron chi connectivity index (χ3n) is 5.61. The van der Waals surface area contributed by atoms with Crippen LogP contribution in [0.4, 0.5) is 4.39 Å². The number of carbonyl (C=O) groups is 1. The van der Waals surface area contributed by atoms with Gasteiger partial charge in [-0.05, 0) is 37.1 Å². The SMILES string of the molecule is CCC(C#N)N(CCF)C(=O)CNCCCC(Cn1nccn1)C(C)(C)CC. The van der Waals surface area contributed by atoms with Gasteiger partial charge in [-0.3, -0.25) is 4.79 Å². The molecule has 1 N–H and O–H groups in total. The van der Waals surface area contributed by atoms with E-state index in [1.807, 2.05) is 6.92 Å². The van der Waals surface area contributed by atoms with Crippen molar-refractivity contribution in [3.63, 3.8) is 0 Å². The smallest absolute Gasteiger partial charge is 0.237 e. The van der Waals surface area contributed by atoms with E-state index in [0.717, 1.165) is 25.8 Å². The van der Waals surface area contributed by atoms with Gasteiger partial charge in [-0.25, -0.2) is 4.39 Å². The molecule has 0 bridgehead atoms. The molecule has 1 amide bonds. The number of hydrogen-bond acceptors (Lipinski definition) is 5. The van der Waals surface area contributed by atoms with Gasteiger partial charge in [-0.1, -0.05) is 34.1 Å². The van der Waals surface area contributed by atoms with Crippen molar-refractivity contribution in [2.75, 3.05) is 26.3 Å². The van der Waals surface area contributed by atoms with Crippen LogP contribution in [0.3, 0.4) is 0 Å². The second-order valence-corrected chi connectivity index (χ2v) is 7.77. The minimum absolute atomic E-state index is 0.0315. The first-order valence-electron chi connectivity index (χ1n) is 10.2. The predicted octanol–water partition coefficient (Wildman–Crippen LogP) is 2.80. The molecule has 0 aromatic carbocycles. The fraction of sp³-hybridized carbons (Fsp3) is 0.800. The van der Waals surface area contributed by atoms with Crippen LogP contribution in [0.15, 0.2) is 12.4 Å². The van der Waals surface area contributed by atoms with Crippen molar-refractivity contribution in [2.24, 2.45) is 11.3 Å². The number of nitrogens with one attached hydrogen (secondary N) is 1. The summed E-state index contributed by atoms with van der Waals surface area (Å²) in [4.78, 5) is 15.4. The zero-order valence-corrected chi connectivity index (χ0v) is 17.7. The lowest BCUT2D eigenvalue weighted by Crippen LogP contribution is -2.45. The van der Waals surface area contributed by atoms with Gasteiger partial charge in [0.2, 0.25) is 5.91 Å². The molecule has 0 fully saturated rings. The molecular weight excluding hydrogens is 359 g/mol. The van der Waals surface area contributed by atoms with Crippen molar-refractivity contribution in [2.45, 2.75) is 66.0 Å². The minimum atomic E-state index is -0.640. The Morgan fingerprint density at radius 2 is 2.04 bits per heavy atom. The number of amides is 1. The van der Waals surface area contributed by atoms with Crippen LogP contribution in [-0.4, -0.2) is 58.2 Å². The van der Waals surface area contributed by atoms with E-state index in [1.165, 1.54) is 4.90 Å². The molecule has 0 aliphatic carbocycles. The maximum absolute atomic E-state index is 12.7. The molecule has 0 saturated heterocycles. The normalized spacial score (nSPS) is 13.7. The van der Waals surface area contributed by atoms with Crippen molar-refractivity contribution in [3.8, 4) is 6.07 Å². The molecule has 2 unspecified atom stereocenters. The zero-order chi connectivity index (χ0) is 21.0. The van der Waals surface area contributed by atoms with Crippen LogP contribution in [0, 0.1) is 22.7 Å². The van der Waals surface area contributed by atoms with Crippen LogP contribution >= 0.6 is 0 Å². The van der Waals surface area contributed by atoms with E-state index in [2.05, 4.69) is 42.4 Å².